The number of hydrogen-bond acceptors (Lipinski definition) is 6. The predicted octanol–water partition coefficient (Wildman–Crippen LogP) is 4.34. The van der Waals surface area contributed by atoms with Gasteiger partial charge in [0.2, 0.25) is 0 Å². The second-order valence-electron chi connectivity index (χ2n) is 7.97. The maximum Gasteiger partial charge on any atom is 0.253 e. The first-order valence-corrected chi connectivity index (χ1v) is 10.6. The van der Waals surface area contributed by atoms with Crippen LogP contribution in [0.3, 0.4) is 0 Å². The summed E-state index contributed by atoms with van der Waals surface area (Å²) in [6.07, 6.45) is 0. The highest BCUT2D eigenvalue weighted by molar-refractivity contribution is 5.76. The molecule has 0 spiro atoms. The third-order valence-electron chi connectivity index (χ3n) is 5.75. The Balaban J connectivity index is 1.68. The molecule has 0 fully saturated rings. The van der Waals surface area contributed by atoms with Crippen LogP contribution in [0.5, 0.6) is 5.75 Å². The molecule has 2 atom stereocenters. The molecule has 4 aromatic rings. The minimum Gasteiger partial charge on any atom is -0.497 e. The summed E-state index contributed by atoms with van der Waals surface area (Å²) in [6.45, 7) is 1.86. The highest BCUT2D eigenvalue weighted by Crippen LogP contribution is 2.30. The van der Waals surface area contributed by atoms with Crippen LogP contribution >= 0.6 is 0 Å². The van der Waals surface area contributed by atoms with Gasteiger partial charge in [-0.3, -0.25) is 14.9 Å². The van der Waals surface area contributed by atoms with Crippen molar-refractivity contribution in [3.05, 3.63) is 116 Å². The van der Waals surface area contributed by atoms with Crippen LogP contribution < -0.4 is 32.0 Å². The second kappa shape index (κ2) is 9.44. The highest BCUT2D eigenvalue weighted by Gasteiger charge is 2.21. The van der Waals surface area contributed by atoms with Gasteiger partial charge < -0.3 is 15.8 Å². The molecule has 0 bridgehead atoms. The van der Waals surface area contributed by atoms with E-state index in [2.05, 4.69) is 10.6 Å². The van der Waals surface area contributed by atoms with Gasteiger partial charge in [-0.1, -0.05) is 30.3 Å². The van der Waals surface area contributed by atoms with Gasteiger partial charge in [0.05, 0.1) is 13.2 Å². The van der Waals surface area contributed by atoms with Crippen LogP contribution in [0.25, 0.3) is 0 Å². The van der Waals surface area contributed by atoms with Gasteiger partial charge in [0.25, 0.3) is 10.9 Å². The lowest BCUT2D eigenvalue weighted by molar-refractivity contribution is 0.414. The van der Waals surface area contributed by atoms with E-state index in [1.807, 2.05) is 43.3 Å². The molecule has 0 saturated heterocycles. The molecule has 174 valence electrons. The number of ether oxygens (including phenoxy) is 1. The van der Waals surface area contributed by atoms with Gasteiger partial charge >= 0.3 is 0 Å². The minimum atomic E-state index is -0.913. The van der Waals surface area contributed by atoms with Crippen molar-refractivity contribution in [2.45, 2.75) is 19.0 Å². The fourth-order valence-corrected chi connectivity index (χ4v) is 3.78. The van der Waals surface area contributed by atoms with Gasteiger partial charge in [-0.25, -0.2) is 8.78 Å². The van der Waals surface area contributed by atoms with Crippen molar-refractivity contribution >= 4 is 17.1 Å². The van der Waals surface area contributed by atoms with Crippen LogP contribution in [0.1, 0.15) is 35.7 Å². The van der Waals surface area contributed by atoms with E-state index in [9.17, 15) is 18.4 Å². The van der Waals surface area contributed by atoms with Gasteiger partial charge in [0.1, 0.15) is 17.1 Å². The van der Waals surface area contributed by atoms with Gasteiger partial charge in [-0.2, -0.15) is 0 Å². The van der Waals surface area contributed by atoms with Crippen molar-refractivity contribution in [3.8, 4) is 5.75 Å². The molecular weight excluding hydrogens is 440 g/mol. The number of methoxy groups -OCH3 is 1. The lowest BCUT2D eigenvalue weighted by Crippen LogP contribution is -2.36. The average molecular weight is 463 g/mol. The Morgan fingerprint density at radius 1 is 0.853 bits per heavy atom. The lowest BCUT2D eigenvalue weighted by Gasteiger charge is -2.25. The van der Waals surface area contributed by atoms with Crippen LogP contribution in [-0.2, 0) is 0 Å². The molecule has 0 aromatic heterocycles. The normalized spacial score (nSPS) is 12.9. The van der Waals surface area contributed by atoms with Crippen LogP contribution in [0.15, 0.2) is 76.3 Å². The van der Waals surface area contributed by atoms with Gasteiger partial charge in [-0.15, -0.1) is 0 Å². The first-order valence-electron chi connectivity index (χ1n) is 10.6. The molecule has 6 nitrogen and oxygen atoms in total. The summed E-state index contributed by atoms with van der Waals surface area (Å²) in [4.78, 5) is 23.2. The van der Waals surface area contributed by atoms with Crippen molar-refractivity contribution in [1.82, 2.24) is 5.32 Å². The van der Waals surface area contributed by atoms with E-state index in [4.69, 9.17) is 10.5 Å². The maximum atomic E-state index is 13.8. The van der Waals surface area contributed by atoms with Crippen LogP contribution in [-0.4, -0.2) is 7.11 Å². The molecule has 4 aromatic carbocycles. The fraction of sp³-hybridized carbons (Fsp3) is 0.154. The Bertz CT molecular complexity index is 1400. The largest absolute Gasteiger partial charge is 0.497 e. The van der Waals surface area contributed by atoms with Gasteiger partial charge in [-0.05, 0) is 60.0 Å². The van der Waals surface area contributed by atoms with E-state index in [-0.39, 0.29) is 23.5 Å². The summed E-state index contributed by atoms with van der Waals surface area (Å²) in [7, 11) is 1.58. The number of nitrogens with two attached hydrogens (primary N) is 1. The van der Waals surface area contributed by atoms with Crippen molar-refractivity contribution in [3.63, 3.8) is 0 Å². The molecule has 1 unspecified atom stereocenters. The van der Waals surface area contributed by atoms with Crippen LogP contribution in [0.4, 0.5) is 25.8 Å². The molecule has 0 aliphatic heterocycles. The van der Waals surface area contributed by atoms with Crippen LogP contribution in [0.2, 0.25) is 0 Å². The smallest absolute Gasteiger partial charge is 0.253 e. The van der Waals surface area contributed by atoms with E-state index in [0.29, 0.717) is 17.0 Å². The molecule has 0 amide bonds. The van der Waals surface area contributed by atoms with E-state index < -0.39 is 22.5 Å². The zero-order valence-corrected chi connectivity index (χ0v) is 18.6. The molecule has 0 aliphatic carbocycles. The predicted molar refractivity (Wildman–Crippen MR) is 128 cm³/mol. The Morgan fingerprint density at radius 2 is 1.56 bits per heavy atom. The van der Waals surface area contributed by atoms with Crippen molar-refractivity contribution in [2.75, 3.05) is 18.2 Å². The van der Waals surface area contributed by atoms with Crippen LogP contribution in [0, 0.1) is 11.6 Å². The zero-order chi connectivity index (χ0) is 24.4. The molecule has 4 rings (SSSR count). The summed E-state index contributed by atoms with van der Waals surface area (Å²) in [5.74, 6) is -1.12. The quantitative estimate of drug-likeness (QED) is 0.337. The van der Waals surface area contributed by atoms with Crippen molar-refractivity contribution in [1.29, 1.82) is 0 Å². The van der Waals surface area contributed by atoms with E-state index in [1.165, 1.54) is 12.1 Å². The Kier molecular flexibility index (Phi) is 6.43. The number of rotatable bonds is 8. The van der Waals surface area contributed by atoms with Gasteiger partial charge in [0, 0.05) is 11.7 Å². The van der Waals surface area contributed by atoms with Crippen molar-refractivity contribution < 1.29 is 13.5 Å². The minimum absolute atomic E-state index is 0.0752. The molecule has 0 heterocycles. The molecule has 0 aliphatic rings. The summed E-state index contributed by atoms with van der Waals surface area (Å²) < 4.78 is 32.5. The maximum absolute atomic E-state index is 13.8. The summed E-state index contributed by atoms with van der Waals surface area (Å²) in [5, 5.41) is 6.38. The van der Waals surface area contributed by atoms with E-state index in [1.54, 1.807) is 19.2 Å². The first kappa shape index (κ1) is 23.1. The van der Waals surface area contributed by atoms with Crippen molar-refractivity contribution in [2.24, 2.45) is 0 Å². The Morgan fingerprint density at radius 3 is 2.21 bits per heavy atom. The summed E-state index contributed by atoms with van der Waals surface area (Å²) in [5.41, 5.74) is 7.18. The number of benzene rings is 3. The second-order valence-corrected chi connectivity index (χ2v) is 7.97. The average Bonchev–Trinajstić information content (AvgIpc) is 2.87. The summed E-state index contributed by atoms with van der Waals surface area (Å²) in [6, 6.07) is 17.9. The molecular formula is C26H23F2N3O3. The number of nitrogens with one attached hydrogen (secondary N) is 2. The zero-order valence-electron chi connectivity index (χ0n) is 18.6. The third-order valence-corrected chi connectivity index (χ3v) is 5.75. The Hall–Kier alpha value is -4.04. The molecule has 4 N–H and O–H groups in total. The molecule has 0 saturated carbocycles. The standard InChI is InChI=1S/C26H23F2N3O3/c1-14(16-8-11-20(27)21(28)13-16)30-23(15-6-9-19(34-2)10-7-15)17-4-3-5-18(12-17)31-24-22(29)25(32)26(24)33/h3-14,23,30-31H,29H2,1-2H3/t14-,23?/m1/s1. The number of halogens is 2. The third kappa shape index (κ3) is 4.53. The molecule has 0 radical (unpaired) electrons. The van der Waals surface area contributed by atoms with E-state index >= 15 is 0 Å². The highest BCUT2D eigenvalue weighted by atomic mass is 19.2. The number of anilines is 3. The lowest BCUT2D eigenvalue weighted by atomic mass is 9.96. The van der Waals surface area contributed by atoms with Gasteiger partial charge in [0.15, 0.2) is 11.6 Å². The van der Waals surface area contributed by atoms with E-state index in [0.717, 1.165) is 17.2 Å². The topological polar surface area (TPSA) is 93.4 Å². The fourth-order valence-electron chi connectivity index (χ4n) is 3.78. The summed E-state index contributed by atoms with van der Waals surface area (Å²) >= 11 is 0. The Labute approximate surface area is 194 Å². The molecule has 34 heavy (non-hydrogen) atoms. The monoisotopic (exact) mass is 463 g/mol. The SMILES string of the molecule is COc1ccc(C(N[C@H](C)c2ccc(F)c(F)c2)c2cccc(Nc3c(N)c(=O)c3=O)c2)cc1. The molecule has 8 heteroatoms. The number of nitrogen functional groups attached to an aromatic ring is 1. The first-order chi connectivity index (χ1) is 16.3. The number of hydrogen-bond donors (Lipinski definition) is 3.